The Morgan fingerprint density at radius 1 is 1.33 bits per heavy atom. The smallest absolute Gasteiger partial charge is 0.270 e. The number of rotatable bonds is 3. The number of nitrogens with one attached hydrogen (secondary N) is 1. The zero-order valence-electron chi connectivity index (χ0n) is 10.9. The first-order valence-corrected chi connectivity index (χ1v) is 6.98. The summed E-state index contributed by atoms with van der Waals surface area (Å²) in [6, 6.07) is 8.98. The first-order valence-electron chi connectivity index (χ1n) is 5.90. The van der Waals surface area contributed by atoms with E-state index < -0.39 is 16.6 Å². The second kappa shape index (κ2) is 6.17. The van der Waals surface area contributed by atoms with Crippen molar-refractivity contribution in [1.29, 1.82) is 0 Å². The molecule has 0 aliphatic heterocycles. The molecule has 2 aromatic carbocycles. The number of hydrogen-bond donors (Lipinski definition) is 1. The van der Waals surface area contributed by atoms with E-state index in [1.54, 1.807) is 18.2 Å². The van der Waals surface area contributed by atoms with Crippen LogP contribution in [0.4, 0.5) is 15.8 Å². The molecular formula is C14H10FIN2O3. The van der Waals surface area contributed by atoms with Crippen LogP contribution in [0.1, 0.15) is 15.9 Å². The lowest BCUT2D eigenvalue weighted by atomic mass is 10.1. The minimum absolute atomic E-state index is 0.0528. The van der Waals surface area contributed by atoms with Gasteiger partial charge in [0.2, 0.25) is 0 Å². The standard InChI is InChI=1S/C14H10FIN2O3/c1-8-5-11(18(20)21)7-12(13(8)15)14(19)17-10-4-2-3-9(16)6-10/h2-7H,1H3,(H,17,19). The van der Waals surface area contributed by atoms with E-state index >= 15 is 0 Å². The van der Waals surface area contributed by atoms with Crippen LogP contribution in [0.5, 0.6) is 0 Å². The van der Waals surface area contributed by atoms with Crippen LogP contribution in [0, 0.1) is 26.4 Å². The van der Waals surface area contributed by atoms with Gasteiger partial charge in [0, 0.05) is 21.4 Å². The van der Waals surface area contributed by atoms with Crippen LogP contribution in [0.2, 0.25) is 0 Å². The van der Waals surface area contributed by atoms with E-state index in [0.717, 1.165) is 15.7 Å². The molecule has 0 heterocycles. The lowest BCUT2D eigenvalue weighted by Crippen LogP contribution is -2.15. The molecule has 0 saturated carbocycles. The Morgan fingerprint density at radius 2 is 2.05 bits per heavy atom. The Hall–Kier alpha value is -2.03. The molecular weight excluding hydrogens is 390 g/mol. The molecule has 5 nitrogen and oxygen atoms in total. The second-order valence-corrected chi connectivity index (χ2v) is 5.59. The van der Waals surface area contributed by atoms with Crippen LogP contribution in [0.15, 0.2) is 36.4 Å². The fourth-order valence-electron chi connectivity index (χ4n) is 1.79. The molecule has 7 heteroatoms. The Labute approximate surface area is 133 Å². The number of nitro groups is 1. The molecule has 2 rings (SSSR count). The highest BCUT2D eigenvalue weighted by Crippen LogP contribution is 2.22. The molecule has 0 unspecified atom stereocenters. The number of anilines is 1. The third-order valence-electron chi connectivity index (χ3n) is 2.78. The molecule has 0 bridgehead atoms. The van der Waals surface area contributed by atoms with Crippen molar-refractivity contribution in [2.24, 2.45) is 0 Å². The summed E-state index contributed by atoms with van der Waals surface area (Å²) in [4.78, 5) is 22.2. The van der Waals surface area contributed by atoms with Crippen molar-refractivity contribution in [3.05, 3.63) is 67.0 Å². The molecule has 0 spiro atoms. The summed E-state index contributed by atoms with van der Waals surface area (Å²) in [7, 11) is 0. The molecule has 108 valence electrons. The van der Waals surface area contributed by atoms with Gasteiger partial charge in [0.25, 0.3) is 11.6 Å². The maximum absolute atomic E-state index is 14.0. The molecule has 0 radical (unpaired) electrons. The zero-order chi connectivity index (χ0) is 15.6. The third kappa shape index (κ3) is 3.54. The highest BCUT2D eigenvalue weighted by Gasteiger charge is 2.19. The highest BCUT2D eigenvalue weighted by molar-refractivity contribution is 14.1. The van der Waals surface area contributed by atoms with Gasteiger partial charge in [-0.05, 0) is 53.3 Å². The number of nitrogens with zero attached hydrogens (tertiary/aromatic N) is 1. The number of carbonyl (C=O) groups is 1. The van der Waals surface area contributed by atoms with E-state index in [1.165, 1.54) is 6.92 Å². The number of benzene rings is 2. The van der Waals surface area contributed by atoms with Crippen LogP contribution in [0.3, 0.4) is 0 Å². The van der Waals surface area contributed by atoms with Gasteiger partial charge in [-0.1, -0.05) is 6.07 Å². The lowest BCUT2D eigenvalue weighted by molar-refractivity contribution is -0.385. The van der Waals surface area contributed by atoms with E-state index in [-0.39, 0.29) is 16.8 Å². The molecule has 1 N–H and O–H groups in total. The van der Waals surface area contributed by atoms with Gasteiger partial charge in [-0.25, -0.2) is 4.39 Å². The summed E-state index contributed by atoms with van der Waals surface area (Å²) in [6.07, 6.45) is 0. The Bertz CT molecular complexity index is 734. The molecule has 2 aromatic rings. The fourth-order valence-corrected chi connectivity index (χ4v) is 2.33. The SMILES string of the molecule is Cc1cc([N+](=O)[O-])cc(C(=O)Nc2cccc(I)c2)c1F. The molecule has 0 atom stereocenters. The summed E-state index contributed by atoms with van der Waals surface area (Å²) in [6.45, 7) is 1.38. The summed E-state index contributed by atoms with van der Waals surface area (Å²) >= 11 is 2.08. The number of halogens is 2. The van der Waals surface area contributed by atoms with Crippen molar-refractivity contribution in [2.75, 3.05) is 5.32 Å². The van der Waals surface area contributed by atoms with Crippen LogP contribution in [-0.2, 0) is 0 Å². The first kappa shape index (κ1) is 15.4. The van der Waals surface area contributed by atoms with Gasteiger partial charge < -0.3 is 5.32 Å². The number of hydrogen-bond acceptors (Lipinski definition) is 3. The number of non-ortho nitro benzene ring substituents is 1. The van der Waals surface area contributed by atoms with Crippen LogP contribution < -0.4 is 5.32 Å². The van der Waals surface area contributed by atoms with Gasteiger partial charge in [-0.15, -0.1) is 0 Å². The topological polar surface area (TPSA) is 72.2 Å². The maximum atomic E-state index is 14.0. The van der Waals surface area contributed by atoms with Crippen LogP contribution in [-0.4, -0.2) is 10.8 Å². The van der Waals surface area contributed by atoms with Gasteiger partial charge in [0.1, 0.15) is 5.82 Å². The summed E-state index contributed by atoms with van der Waals surface area (Å²) in [5, 5.41) is 13.3. The average Bonchev–Trinajstić information content (AvgIpc) is 2.41. The summed E-state index contributed by atoms with van der Waals surface area (Å²) < 4.78 is 14.9. The van der Waals surface area contributed by atoms with E-state index in [0.29, 0.717) is 5.69 Å². The molecule has 21 heavy (non-hydrogen) atoms. The lowest BCUT2D eigenvalue weighted by Gasteiger charge is -2.08. The quantitative estimate of drug-likeness (QED) is 0.483. The van der Waals surface area contributed by atoms with Gasteiger partial charge in [0.15, 0.2) is 0 Å². The predicted molar refractivity (Wildman–Crippen MR) is 84.9 cm³/mol. The predicted octanol–water partition coefficient (Wildman–Crippen LogP) is 3.90. The van der Waals surface area contributed by atoms with Crippen molar-refractivity contribution < 1.29 is 14.1 Å². The van der Waals surface area contributed by atoms with E-state index in [4.69, 9.17) is 0 Å². The fraction of sp³-hybridized carbons (Fsp3) is 0.0714. The average molecular weight is 400 g/mol. The van der Waals surface area contributed by atoms with Gasteiger partial charge >= 0.3 is 0 Å². The van der Waals surface area contributed by atoms with Crippen molar-refractivity contribution >= 4 is 39.9 Å². The maximum Gasteiger partial charge on any atom is 0.270 e. The normalized spacial score (nSPS) is 10.2. The van der Waals surface area contributed by atoms with Crippen molar-refractivity contribution in [2.45, 2.75) is 6.92 Å². The number of amides is 1. The zero-order valence-corrected chi connectivity index (χ0v) is 13.0. The van der Waals surface area contributed by atoms with Gasteiger partial charge in [-0.2, -0.15) is 0 Å². The first-order chi connectivity index (χ1) is 9.88. The Morgan fingerprint density at radius 3 is 2.67 bits per heavy atom. The van der Waals surface area contributed by atoms with Crippen LogP contribution in [0.25, 0.3) is 0 Å². The van der Waals surface area contributed by atoms with Crippen molar-refractivity contribution in [3.63, 3.8) is 0 Å². The largest absolute Gasteiger partial charge is 0.322 e. The van der Waals surface area contributed by atoms with Crippen molar-refractivity contribution in [1.82, 2.24) is 0 Å². The van der Waals surface area contributed by atoms with Crippen LogP contribution >= 0.6 is 22.6 Å². The highest BCUT2D eigenvalue weighted by atomic mass is 127. The number of aryl methyl sites for hydroxylation is 1. The molecule has 0 aromatic heterocycles. The molecule has 1 amide bonds. The molecule has 0 saturated heterocycles. The third-order valence-corrected chi connectivity index (χ3v) is 3.45. The molecule has 0 aliphatic carbocycles. The van der Waals surface area contributed by atoms with Gasteiger partial charge in [-0.3, -0.25) is 14.9 Å². The molecule has 0 aliphatic rings. The summed E-state index contributed by atoms with van der Waals surface area (Å²) in [5.74, 6) is -1.48. The second-order valence-electron chi connectivity index (χ2n) is 4.35. The van der Waals surface area contributed by atoms with E-state index in [1.807, 2.05) is 6.07 Å². The summed E-state index contributed by atoms with van der Waals surface area (Å²) in [5.41, 5.74) is -0.116. The monoisotopic (exact) mass is 400 g/mol. The minimum Gasteiger partial charge on any atom is -0.322 e. The Balaban J connectivity index is 2.37. The number of nitro benzene ring substituents is 1. The van der Waals surface area contributed by atoms with E-state index in [9.17, 15) is 19.3 Å². The number of carbonyl (C=O) groups excluding carboxylic acids is 1. The Kier molecular flexibility index (Phi) is 4.51. The van der Waals surface area contributed by atoms with Gasteiger partial charge in [0.05, 0.1) is 10.5 Å². The van der Waals surface area contributed by atoms with Crippen molar-refractivity contribution in [3.8, 4) is 0 Å². The molecule has 0 fully saturated rings. The van der Waals surface area contributed by atoms with E-state index in [2.05, 4.69) is 27.9 Å². The minimum atomic E-state index is -0.760.